The van der Waals surface area contributed by atoms with Gasteiger partial charge in [0.15, 0.2) is 0 Å². The first kappa shape index (κ1) is 27.6. The first-order valence-corrected chi connectivity index (χ1v) is 6.08. The van der Waals surface area contributed by atoms with Crippen LogP contribution in [0.4, 0.5) is 0 Å². The Bertz CT molecular complexity index is 313. The number of nitrogens with zero attached hydrogens (tertiary/aromatic N) is 1. The summed E-state index contributed by atoms with van der Waals surface area (Å²) in [5.41, 5.74) is 5.75. The van der Waals surface area contributed by atoms with Crippen LogP contribution in [-0.2, 0) is 35.9 Å². The van der Waals surface area contributed by atoms with Crippen LogP contribution in [0, 0.1) is 24.7 Å². The summed E-state index contributed by atoms with van der Waals surface area (Å²) in [6.45, 7) is 11.4. The third kappa shape index (κ3) is 13.7. The van der Waals surface area contributed by atoms with Gasteiger partial charge in [0.25, 0.3) is 0 Å². The number of hydrogen-bond donors (Lipinski definition) is 1. The number of allylic oxidation sites excluding steroid dienone is 2. The number of thioether (sulfide) groups is 1. The Kier molecular flexibility index (Phi) is 32.2. The van der Waals surface area contributed by atoms with E-state index in [1.807, 2.05) is 6.08 Å². The Balaban J connectivity index is -0.000000162. The molecule has 1 aliphatic carbocycles. The molecule has 0 saturated heterocycles. The number of hydrogen-bond acceptors (Lipinski definition) is 4. The third-order valence-corrected chi connectivity index (χ3v) is 3.42. The molecule has 1 radical (unpaired) electrons. The first-order valence-electron chi connectivity index (χ1n) is 5.03. The van der Waals surface area contributed by atoms with E-state index in [4.69, 9.17) is 29.4 Å². The van der Waals surface area contributed by atoms with Gasteiger partial charge in [-0.15, -0.1) is 0 Å². The van der Waals surface area contributed by atoms with Crippen LogP contribution in [0.15, 0.2) is 24.0 Å². The molecule has 111 valence electrons. The van der Waals surface area contributed by atoms with Crippen molar-refractivity contribution in [3.8, 4) is 0 Å². The molecule has 1 N–H and O–H groups in total. The van der Waals surface area contributed by atoms with Gasteiger partial charge in [-0.25, -0.2) is 0 Å². The van der Waals surface area contributed by atoms with Gasteiger partial charge in [0, 0.05) is 28.1 Å². The van der Waals surface area contributed by atoms with Gasteiger partial charge in [-0.2, -0.15) is 11.8 Å². The Morgan fingerprint density at radius 2 is 1.85 bits per heavy atom. The van der Waals surface area contributed by atoms with Crippen LogP contribution in [0.2, 0.25) is 0 Å². The van der Waals surface area contributed by atoms with Gasteiger partial charge in [-0.1, -0.05) is 13.0 Å². The Labute approximate surface area is 133 Å². The molecule has 2 atom stereocenters. The second-order valence-corrected chi connectivity index (χ2v) is 4.34. The molecule has 1 aliphatic rings. The van der Waals surface area contributed by atoms with Crippen LogP contribution >= 0.6 is 11.8 Å². The summed E-state index contributed by atoms with van der Waals surface area (Å²) in [5.74, 6) is 2.22. The molecule has 20 heavy (non-hydrogen) atoms. The van der Waals surface area contributed by atoms with Crippen molar-refractivity contribution in [2.45, 2.75) is 12.2 Å². The summed E-state index contributed by atoms with van der Waals surface area (Å²) < 4.78 is 27.4. The standard InChI is InChI=1S/C10H16O2S.2CO.Mn.NO/c1-8-7-9(12-2)3-4-10(8)13-6-5-11;2*1-2;;1-2/h3-4,7-8,10-11H,5-6H2,1-2H3;;;;/q;;;;+1/t8-,10+;;;;/m1..../s1. The molecule has 0 fully saturated rings. The summed E-state index contributed by atoms with van der Waals surface area (Å²) in [6.07, 6.45) is 6.26. The number of rotatable bonds is 4. The minimum Gasteiger partial charge on any atom is 0 e. The van der Waals surface area contributed by atoms with Crippen LogP contribution < -0.4 is 0 Å². The number of aliphatic hydroxyl groups excluding tert-OH is 1. The topological polar surface area (TPSA) is 113 Å². The SMILES string of the molecule is COC1=C[C@@H](C)[C@@H](SCCO)C=C1.N#[O+].[C-]#[O+].[C-]#[O+].[Mn]. The second kappa shape index (κ2) is 23.4. The van der Waals surface area contributed by atoms with E-state index in [2.05, 4.69) is 32.4 Å². The minimum absolute atomic E-state index is 0. The number of aliphatic hydroxyl groups is 1. The largest absolute Gasteiger partial charge is 0 e. The Hall–Kier alpha value is -0.741. The van der Waals surface area contributed by atoms with Crippen molar-refractivity contribution in [2.75, 3.05) is 19.5 Å². The van der Waals surface area contributed by atoms with Gasteiger partial charge in [-0.3, -0.25) is 0 Å². The van der Waals surface area contributed by atoms with Crippen molar-refractivity contribution >= 4 is 11.8 Å². The van der Waals surface area contributed by atoms with Gasteiger partial charge in [-0.05, 0) is 18.1 Å². The maximum Gasteiger partial charge on any atom is 0 e. The average molecular weight is 341 g/mol. The van der Waals surface area contributed by atoms with E-state index in [-0.39, 0.29) is 23.7 Å². The van der Waals surface area contributed by atoms with Gasteiger partial charge >= 0.3 is 32.8 Å². The molecule has 8 heteroatoms. The fourth-order valence-corrected chi connectivity index (χ4v) is 2.26. The molecule has 0 aromatic heterocycles. The summed E-state index contributed by atoms with van der Waals surface area (Å²) >= 11 is 1.78. The normalized spacial score (nSPS) is 17.9. The van der Waals surface area contributed by atoms with Crippen molar-refractivity contribution in [2.24, 2.45) is 5.92 Å². The second-order valence-electron chi connectivity index (χ2n) is 3.05. The van der Waals surface area contributed by atoms with Crippen LogP contribution in [0.25, 0.3) is 0 Å². The molecule has 0 amide bonds. The monoisotopic (exact) mass is 341 g/mol. The predicted molar refractivity (Wildman–Crippen MR) is 67.0 cm³/mol. The zero-order valence-corrected chi connectivity index (χ0v) is 13.1. The molecule has 0 aromatic rings. The van der Waals surface area contributed by atoms with Crippen LogP contribution in [0.1, 0.15) is 6.92 Å². The van der Waals surface area contributed by atoms with E-state index in [1.165, 1.54) is 0 Å². The van der Waals surface area contributed by atoms with E-state index in [1.54, 1.807) is 18.9 Å². The van der Waals surface area contributed by atoms with Crippen LogP contribution in [0.3, 0.4) is 0 Å². The molecule has 0 saturated carbocycles. The molecule has 0 heterocycles. The predicted octanol–water partition coefficient (Wildman–Crippen LogP) is 1.64. The van der Waals surface area contributed by atoms with Gasteiger partial charge < -0.3 is 9.84 Å². The van der Waals surface area contributed by atoms with E-state index in [0.717, 1.165) is 11.5 Å². The fraction of sp³-hybridized carbons (Fsp3) is 0.500. The molecule has 6 nitrogen and oxygen atoms in total. The quantitative estimate of drug-likeness (QED) is 0.475. The minimum atomic E-state index is 0. The van der Waals surface area contributed by atoms with E-state index < -0.39 is 0 Å². The van der Waals surface area contributed by atoms with Gasteiger partial charge in [0.05, 0.1) is 13.7 Å². The Morgan fingerprint density at radius 3 is 2.20 bits per heavy atom. The van der Waals surface area contributed by atoms with Crippen molar-refractivity contribution in [3.05, 3.63) is 37.3 Å². The van der Waals surface area contributed by atoms with E-state index >= 15 is 0 Å². The van der Waals surface area contributed by atoms with E-state index in [0.29, 0.717) is 11.2 Å². The molecule has 0 aromatic carbocycles. The maximum atomic E-state index is 8.70. The van der Waals surface area contributed by atoms with E-state index in [9.17, 15) is 0 Å². The zero-order valence-electron chi connectivity index (χ0n) is 11.1. The fourth-order valence-electron chi connectivity index (χ4n) is 1.31. The molecular weight excluding hydrogens is 325 g/mol. The van der Waals surface area contributed by atoms with Gasteiger partial charge in [0.2, 0.25) is 0 Å². The zero-order chi connectivity index (χ0) is 15.7. The summed E-state index contributed by atoms with van der Waals surface area (Å²) in [6, 6.07) is 0. The number of methoxy groups -OCH3 is 1. The molecule has 0 unspecified atom stereocenters. The summed E-state index contributed by atoms with van der Waals surface area (Å²) in [7, 11) is 1.68. The van der Waals surface area contributed by atoms with Crippen molar-refractivity contribution in [1.82, 2.24) is 0 Å². The van der Waals surface area contributed by atoms with Crippen LogP contribution in [-0.4, -0.2) is 29.8 Å². The molecule has 0 spiro atoms. The smallest absolute Gasteiger partial charge is 0 e. The van der Waals surface area contributed by atoms with Gasteiger partial charge in [0.1, 0.15) is 5.76 Å². The van der Waals surface area contributed by atoms with Crippen molar-refractivity contribution < 1.29 is 41.0 Å². The molecular formula is C12H16MnNO5S+. The average Bonchev–Trinajstić information content (AvgIpc) is 2.52. The van der Waals surface area contributed by atoms with Crippen molar-refractivity contribution in [1.29, 1.82) is 5.46 Å². The first-order chi connectivity index (χ1) is 9.27. The molecule has 1 rings (SSSR count). The molecule has 0 bridgehead atoms. The Morgan fingerprint density at radius 1 is 1.35 bits per heavy atom. The van der Waals surface area contributed by atoms with Crippen molar-refractivity contribution in [3.63, 3.8) is 0 Å². The molecule has 0 aliphatic heterocycles. The summed E-state index contributed by atoms with van der Waals surface area (Å²) in [4.78, 5) is 0. The van der Waals surface area contributed by atoms with Crippen LogP contribution in [0.5, 0.6) is 0 Å². The third-order valence-electron chi connectivity index (χ3n) is 2.03. The maximum absolute atomic E-state index is 8.70. The summed E-state index contributed by atoms with van der Waals surface area (Å²) in [5, 5.41) is 9.17. The number of ether oxygens (including phenoxy) is 1.